The van der Waals surface area contributed by atoms with Gasteiger partial charge in [0.1, 0.15) is 0 Å². The lowest BCUT2D eigenvalue weighted by Crippen LogP contribution is -2.29. The predicted octanol–water partition coefficient (Wildman–Crippen LogP) is 7.48. The monoisotopic (exact) mass is 386 g/mol. The van der Waals surface area contributed by atoms with E-state index in [4.69, 9.17) is 0 Å². The fraction of sp³-hybridized carbons (Fsp3) is 0.143. The average Bonchev–Trinajstić information content (AvgIpc) is 3.28. The summed E-state index contributed by atoms with van der Waals surface area (Å²) in [5.41, 5.74) is 5.46. The summed E-state index contributed by atoms with van der Waals surface area (Å²) in [6.45, 7) is 0. The minimum Gasteiger partial charge on any atom is -0.337 e. The number of benzene rings is 4. The minimum absolute atomic E-state index is 0.541. The Balaban J connectivity index is 1.36. The molecule has 144 valence electrons. The molecule has 0 atom stereocenters. The van der Waals surface area contributed by atoms with Gasteiger partial charge >= 0.3 is 0 Å². The van der Waals surface area contributed by atoms with E-state index < -0.39 is 0 Å². The molecule has 0 spiro atoms. The van der Waals surface area contributed by atoms with Crippen LogP contribution in [-0.4, -0.2) is 9.13 Å². The minimum atomic E-state index is 0.541. The van der Waals surface area contributed by atoms with Gasteiger partial charge in [0.2, 0.25) is 0 Å². The first-order chi connectivity index (χ1) is 14.9. The van der Waals surface area contributed by atoms with Crippen LogP contribution in [0.2, 0.25) is 0 Å². The molecule has 6 aromatic rings. The topological polar surface area (TPSA) is 9.86 Å². The highest BCUT2D eigenvalue weighted by atomic mass is 15.1. The molecule has 1 saturated carbocycles. The van der Waals surface area contributed by atoms with Crippen LogP contribution in [0.3, 0.4) is 0 Å². The van der Waals surface area contributed by atoms with Gasteiger partial charge in [-0.3, -0.25) is 0 Å². The van der Waals surface area contributed by atoms with E-state index in [1.165, 1.54) is 56.5 Å². The summed E-state index contributed by atoms with van der Waals surface area (Å²) in [5, 5.41) is 5.48. The number of hydrogen-bond donors (Lipinski definition) is 0. The van der Waals surface area contributed by atoms with Gasteiger partial charge in [-0.15, -0.1) is 0 Å². The van der Waals surface area contributed by atoms with Crippen LogP contribution in [0.1, 0.15) is 24.9 Å². The van der Waals surface area contributed by atoms with E-state index in [0.29, 0.717) is 12.1 Å². The molecule has 0 amide bonds. The molecule has 0 N–H and O–H groups in total. The Labute approximate surface area is 175 Å². The molecule has 4 aromatic carbocycles. The SMILES string of the molecule is c1ccc2c(c1)c1ccccc1n2C1CC(n2c3ccccc3c3ccccc32)C1. The summed E-state index contributed by atoms with van der Waals surface area (Å²) in [6, 6.07) is 36.5. The Kier molecular flexibility index (Phi) is 3.25. The lowest BCUT2D eigenvalue weighted by atomic mass is 9.85. The van der Waals surface area contributed by atoms with Crippen LogP contribution in [-0.2, 0) is 0 Å². The highest BCUT2D eigenvalue weighted by Crippen LogP contribution is 2.48. The van der Waals surface area contributed by atoms with E-state index in [1.54, 1.807) is 0 Å². The summed E-state index contributed by atoms with van der Waals surface area (Å²) in [5.74, 6) is 0. The van der Waals surface area contributed by atoms with Crippen molar-refractivity contribution >= 4 is 43.6 Å². The second-order valence-electron chi connectivity index (χ2n) is 8.59. The van der Waals surface area contributed by atoms with Crippen molar-refractivity contribution in [1.82, 2.24) is 9.13 Å². The molecule has 2 heterocycles. The molecule has 0 bridgehead atoms. The lowest BCUT2D eigenvalue weighted by molar-refractivity contribution is 0.219. The molecule has 2 aromatic heterocycles. The van der Waals surface area contributed by atoms with Crippen molar-refractivity contribution in [2.45, 2.75) is 24.9 Å². The fourth-order valence-electron chi connectivity index (χ4n) is 5.67. The molecule has 0 aliphatic heterocycles. The van der Waals surface area contributed by atoms with E-state index in [-0.39, 0.29) is 0 Å². The molecule has 1 aliphatic carbocycles. The van der Waals surface area contributed by atoms with Crippen molar-refractivity contribution < 1.29 is 0 Å². The van der Waals surface area contributed by atoms with E-state index in [9.17, 15) is 0 Å². The van der Waals surface area contributed by atoms with Crippen LogP contribution in [0, 0.1) is 0 Å². The molecule has 2 heteroatoms. The van der Waals surface area contributed by atoms with Gasteiger partial charge in [0, 0.05) is 55.7 Å². The molecule has 1 aliphatic rings. The van der Waals surface area contributed by atoms with E-state index in [2.05, 4.69) is 106 Å². The summed E-state index contributed by atoms with van der Waals surface area (Å²) in [6.07, 6.45) is 2.34. The van der Waals surface area contributed by atoms with Crippen molar-refractivity contribution in [2.24, 2.45) is 0 Å². The highest BCUT2D eigenvalue weighted by molar-refractivity contribution is 6.09. The largest absolute Gasteiger partial charge is 0.337 e. The summed E-state index contributed by atoms with van der Waals surface area (Å²) in [4.78, 5) is 0. The van der Waals surface area contributed by atoms with Gasteiger partial charge in [-0.1, -0.05) is 72.8 Å². The standard InChI is InChI=1S/C28H22N2/c1-5-13-25-21(9-1)22-10-2-6-14-26(22)29(25)19-17-20(18-19)30-27-15-7-3-11-23(27)24-12-4-8-16-28(24)30/h1-16,19-20H,17-18H2. The maximum atomic E-state index is 2.59. The Morgan fingerprint density at radius 1 is 0.400 bits per heavy atom. The Morgan fingerprint density at radius 3 is 0.967 bits per heavy atom. The Bertz CT molecular complexity index is 1340. The Hall–Kier alpha value is -3.52. The molecule has 1 fully saturated rings. The molecule has 30 heavy (non-hydrogen) atoms. The Morgan fingerprint density at radius 2 is 0.667 bits per heavy atom. The molecule has 7 rings (SSSR count). The lowest BCUT2D eigenvalue weighted by Gasteiger charge is -2.39. The fourth-order valence-corrected chi connectivity index (χ4v) is 5.67. The van der Waals surface area contributed by atoms with Gasteiger partial charge in [0.15, 0.2) is 0 Å². The van der Waals surface area contributed by atoms with Crippen LogP contribution in [0.4, 0.5) is 0 Å². The van der Waals surface area contributed by atoms with Crippen molar-refractivity contribution in [3.63, 3.8) is 0 Å². The molecule has 0 saturated heterocycles. The summed E-state index contributed by atoms with van der Waals surface area (Å²) < 4.78 is 5.18. The van der Waals surface area contributed by atoms with Gasteiger partial charge in [0.25, 0.3) is 0 Å². The van der Waals surface area contributed by atoms with Crippen molar-refractivity contribution in [1.29, 1.82) is 0 Å². The number of nitrogens with zero attached hydrogens (tertiary/aromatic N) is 2. The number of hydrogen-bond acceptors (Lipinski definition) is 0. The van der Waals surface area contributed by atoms with Crippen LogP contribution in [0.5, 0.6) is 0 Å². The van der Waals surface area contributed by atoms with Gasteiger partial charge in [-0.25, -0.2) is 0 Å². The number of aromatic nitrogens is 2. The second kappa shape index (κ2) is 5.99. The van der Waals surface area contributed by atoms with Gasteiger partial charge < -0.3 is 9.13 Å². The zero-order valence-corrected chi connectivity index (χ0v) is 16.7. The normalized spacial score (nSPS) is 19.1. The van der Waals surface area contributed by atoms with Crippen LogP contribution in [0.15, 0.2) is 97.1 Å². The molecule has 0 unspecified atom stereocenters. The number of fused-ring (bicyclic) bond motifs is 6. The van der Waals surface area contributed by atoms with Gasteiger partial charge in [0.05, 0.1) is 0 Å². The summed E-state index contributed by atoms with van der Waals surface area (Å²) in [7, 11) is 0. The first-order valence-electron chi connectivity index (χ1n) is 10.9. The number of para-hydroxylation sites is 4. The summed E-state index contributed by atoms with van der Waals surface area (Å²) >= 11 is 0. The average molecular weight is 386 g/mol. The van der Waals surface area contributed by atoms with Crippen molar-refractivity contribution in [3.8, 4) is 0 Å². The third kappa shape index (κ3) is 2.08. The van der Waals surface area contributed by atoms with Crippen LogP contribution in [0.25, 0.3) is 43.6 Å². The second-order valence-corrected chi connectivity index (χ2v) is 8.59. The van der Waals surface area contributed by atoms with Gasteiger partial charge in [-0.2, -0.15) is 0 Å². The predicted molar refractivity (Wildman–Crippen MR) is 126 cm³/mol. The van der Waals surface area contributed by atoms with E-state index in [0.717, 1.165) is 0 Å². The maximum Gasteiger partial charge on any atom is 0.0494 e. The molecule has 2 nitrogen and oxygen atoms in total. The zero-order chi connectivity index (χ0) is 19.7. The zero-order valence-electron chi connectivity index (χ0n) is 16.7. The van der Waals surface area contributed by atoms with Crippen LogP contribution < -0.4 is 0 Å². The van der Waals surface area contributed by atoms with Gasteiger partial charge in [-0.05, 0) is 37.1 Å². The first kappa shape index (κ1) is 16.3. The van der Waals surface area contributed by atoms with E-state index in [1.807, 2.05) is 0 Å². The van der Waals surface area contributed by atoms with Crippen molar-refractivity contribution in [3.05, 3.63) is 97.1 Å². The maximum absolute atomic E-state index is 2.59. The molecule has 0 radical (unpaired) electrons. The van der Waals surface area contributed by atoms with E-state index >= 15 is 0 Å². The first-order valence-corrected chi connectivity index (χ1v) is 10.9. The van der Waals surface area contributed by atoms with Crippen LogP contribution >= 0.6 is 0 Å². The third-order valence-electron chi connectivity index (χ3n) is 7.05. The quantitative estimate of drug-likeness (QED) is 0.292. The van der Waals surface area contributed by atoms with Crippen molar-refractivity contribution in [2.75, 3.05) is 0 Å². The molecular formula is C28H22N2. The highest BCUT2D eigenvalue weighted by Gasteiger charge is 2.35. The number of rotatable bonds is 2. The molecular weight excluding hydrogens is 364 g/mol. The third-order valence-corrected chi connectivity index (χ3v) is 7.05. The smallest absolute Gasteiger partial charge is 0.0494 e.